The maximum absolute atomic E-state index is 13.3. The smallest absolute Gasteiger partial charge is 0.256 e. The lowest BCUT2D eigenvalue weighted by molar-refractivity contribution is 0.0601. The highest BCUT2D eigenvalue weighted by atomic mass is 19.1. The summed E-state index contributed by atoms with van der Waals surface area (Å²) < 4.78 is 13.3. The minimum absolute atomic E-state index is 0.129. The van der Waals surface area contributed by atoms with Crippen LogP contribution in [0.5, 0.6) is 0 Å². The maximum Gasteiger partial charge on any atom is 0.256 e. The largest absolute Gasteiger partial charge is 0.398 e. The zero-order valence-corrected chi connectivity index (χ0v) is 11.4. The van der Waals surface area contributed by atoms with Crippen molar-refractivity contribution < 1.29 is 9.18 Å². The lowest BCUT2D eigenvalue weighted by Gasteiger charge is -2.36. The number of hydrogen-bond donors (Lipinski definition) is 1. The SMILES string of the molecule is CCCC1CCCCN1C(=O)c1cc(F)ccc1N. The Balaban J connectivity index is 2.23. The number of hydrogen-bond acceptors (Lipinski definition) is 2. The van der Waals surface area contributed by atoms with E-state index in [1.54, 1.807) is 0 Å². The summed E-state index contributed by atoms with van der Waals surface area (Å²) >= 11 is 0. The van der Waals surface area contributed by atoms with Gasteiger partial charge >= 0.3 is 0 Å². The summed E-state index contributed by atoms with van der Waals surface area (Å²) in [7, 11) is 0. The van der Waals surface area contributed by atoms with Gasteiger partial charge in [0.25, 0.3) is 5.91 Å². The first-order valence-electron chi connectivity index (χ1n) is 6.99. The number of amides is 1. The van der Waals surface area contributed by atoms with E-state index in [2.05, 4.69) is 6.92 Å². The molecule has 1 aromatic carbocycles. The first-order chi connectivity index (χ1) is 9.13. The number of rotatable bonds is 3. The van der Waals surface area contributed by atoms with E-state index in [0.29, 0.717) is 11.3 Å². The Labute approximate surface area is 113 Å². The maximum atomic E-state index is 13.3. The van der Waals surface area contributed by atoms with E-state index in [0.717, 1.165) is 38.6 Å². The van der Waals surface area contributed by atoms with E-state index in [1.807, 2.05) is 4.90 Å². The summed E-state index contributed by atoms with van der Waals surface area (Å²) in [6, 6.07) is 4.26. The van der Waals surface area contributed by atoms with Crippen molar-refractivity contribution in [3.63, 3.8) is 0 Å². The highest BCUT2D eigenvalue weighted by Gasteiger charge is 2.27. The molecule has 1 heterocycles. The van der Waals surface area contributed by atoms with Crippen LogP contribution in [-0.4, -0.2) is 23.4 Å². The molecule has 1 aromatic rings. The average molecular weight is 264 g/mol. The van der Waals surface area contributed by atoms with Gasteiger partial charge in [-0.15, -0.1) is 0 Å². The number of likely N-dealkylation sites (tertiary alicyclic amines) is 1. The molecule has 0 spiro atoms. The predicted molar refractivity (Wildman–Crippen MR) is 74.4 cm³/mol. The van der Waals surface area contributed by atoms with E-state index >= 15 is 0 Å². The Kier molecular flexibility index (Phi) is 4.40. The molecular formula is C15H21FN2O. The topological polar surface area (TPSA) is 46.3 Å². The van der Waals surface area contributed by atoms with Crippen molar-refractivity contribution in [3.8, 4) is 0 Å². The monoisotopic (exact) mass is 264 g/mol. The highest BCUT2D eigenvalue weighted by molar-refractivity contribution is 5.99. The summed E-state index contributed by atoms with van der Waals surface area (Å²) in [6.07, 6.45) is 5.26. The van der Waals surface area contributed by atoms with Crippen LogP contribution in [0, 0.1) is 5.82 Å². The fraction of sp³-hybridized carbons (Fsp3) is 0.533. The van der Waals surface area contributed by atoms with Gasteiger partial charge in [-0.1, -0.05) is 13.3 Å². The summed E-state index contributed by atoms with van der Waals surface area (Å²) in [6.45, 7) is 2.87. The number of carbonyl (C=O) groups excluding carboxylic acids is 1. The van der Waals surface area contributed by atoms with E-state index < -0.39 is 5.82 Å². The molecule has 0 saturated carbocycles. The molecule has 2 rings (SSSR count). The molecule has 1 unspecified atom stereocenters. The molecule has 1 amide bonds. The molecule has 1 saturated heterocycles. The average Bonchev–Trinajstić information content (AvgIpc) is 2.42. The third kappa shape index (κ3) is 3.06. The van der Waals surface area contributed by atoms with Crippen LogP contribution in [0.2, 0.25) is 0 Å². The van der Waals surface area contributed by atoms with Gasteiger partial charge in [-0.2, -0.15) is 0 Å². The second-order valence-corrected chi connectivity index (χ2v) is 5.17. The molecule has 1 atom stereocenters. The minimum Gasteiger partial charge on any atom is -0.398 e. The Hall–Kier alpha value is -1.58. The number of halogens is 1. The quantitative estimate of drug-likeness (QED) is 0.852. The fourth-order valence-corrected chi connectivity index (χ4v) is 2.77. The van der Waals surface area contributed by atoms with E-state index in [9.17, 15) is 9.18 Å². The van der Waals surface area contributed by atoms with Gasteiger partial charge in [0.15, 0.2) is 0 Å². The first kappa shape index (κ1) is 13.8. The van der Waals surface area contributed by atoms with Crippen molar-refractivity contribution >= 4 is 11.6 Å². The summed E-state index contributed by atoms with van der Waals surface area (Å²) in [5, 5.41) is 0. The van der Waals surface area contributed by atoms with Crippen molar-refractivity contribution in [3.05, 3.63) is 29.6 Å². The van der Waals surface area contributed by atoms with Gasteiger partial charge in [0.1, 0.15) is 5.82 Å². The van der Waals surface area contributed by atoms with Gasteiger partial charge in [0, 0.05) is 18.3 Å². The molecule has 1 fully saturated rings. The van der Waals surface area contributed by atoms with Crippen molar-refractivity contribution in [2.75, 3.05) is 12.3 Å². The molecule has 3 nitrogen and oxygen atoms in total. The zero-order valence-electron chi connectivity index (χ0n) is 11.4. The molecular weight excluding hydrogens is 243 g/mol. The van der Waals surface area contributed by atoms with E-state index in [-0.39, 0.29) is 11.9 Å². The third-order valence-corrected chi connectivity index (χ3v) is 3.76. The summed E-state index contributed by atoms with van der Waals surface area (Å²) in [5.74, 6) is -0.545. The zero-order chi connectivity index (χ0) is 13.8. The third-order valence-electron chi connectivity index (χ3n) is 3.76. The molecule has 0 aromatic heterocycles. The Morgan fingerprint density at radius 1 is 1.47 bits per heavy atom. The first-order valence-corrected chi connectivity index (χ1v) is 6.99. The standard InChI is InChI=1S/C15H21FN2O/c1-2-5-12-6-3-4-9-18(12)15(19)13-10-11(16)7-8-14(13)17/h7-8,10,12H,2-6,9,17H2,1H3. The van der Waals surface area contributed by atoms with Gasteiger partial charge in [-0.3, -0.25) is 4.79 Å². The van der Waals surface area contributed by atoms with Crippen LogP contribution in [0.1, 0.15) is 49.4 Å². The number of carbonyl (C=O) groups is 1. The second-order valence-electron chi connectivity index (χ2n) is 5.17. The number of nitrogens with zero attached hydrogens (tertiary/aromatic N) is 1. The lowest BCUT2D eigenvalue weighted by Crippen LogP contribution is -2.43. The van der Waals surface area contributed by atoms with Crippen LogP contribution in [0.4, 0.5) is 10.1 Å². The number of anilines is 1. The van der Waals surface area contributed by atoms with Crippen LogP contribution in [0.3, 0.4) is 0 Å². The second kappa shape index (κ2) is 6.04. The van der Waals surface area contributed by atoms with E-state index in [4.69, 9.17) is 5.73 Å². The van der Waals surface area contributed by atoms with Crippen LogP contribution in [-0.2, 0) is 0 Å². The van der Waals surface area contributed by atoms with Crippen molar-refractivity contribution in [2.45, 2.75) is 45.1 Å². The summed E-state index contributed by atoms with van der Waals surface area (Å²) in [5.41, 5.74) is 6.45. The molecule has 0 aliphatic carbocycles. The fourth-order valence-electron chi connectivity index (χ4n) is 2.77. The van der Waals surface area contributed by atoms with Crippen LogP contribution in [0.15, 0.2) is 18.2 Å². The van der Waals surface area contributed by atoms with Crippen LogP contribution in [0.25, 0.3) is 0 Å². The molecule has 1 aliphatic rings. The van der Waals surface area contributed by atoms with Crippen LogP contribution < -0.4 is 5.73 Å². The summed E-state index contributed by atoms with van der Waals surface area (Å²) in [4.78, 5) is 14.4. The molecule has 2 N–H and O–H groups in total. The molecule has 19 heavy (non-hydrogen) atoms. The normalized spacial score (nSPS) is 19.5. The van der Waals surface area contributed by atoms with Crippen molar-refractivity contribution in [1.29, 1.82) is 0 Å². The lowest BCUT2D eigenvalue weighted by atomic mass is 9.97. The number of nitrogens with two attached hydrogens (primary N) is 1. The Morgan fingerprint density at radius 2 is 2.26 bits per heavy atom. The van der Waals surface area contributed by atoms with Gasteiger partial charge in [0.2, 0.25) is 0 Å². The number of piperidine rings is 1. The predicted octanol–water partition coefficient (Wildman–Crippen LogP) is 3.20. The van der Waals surface area contributed by atoms with Gasteiger partial charge in [-0.25, -0.2) is 4.39 Å². The van der Waals surface area contributed by atoms with E-state index in [1.165, 1.54) is 18.2 Å². The van der Waals surface area contributed by atoms with Crippen molar-refractivity contribution in [1.82, 2.24) is 4.90 Å². The number of benzene rings is 1. The molecule has 1 aliphatic heterocycles. The Bertz CT molecular complexity index is 459. The van der Waals surface area contributed by atoms with Crippen molar-refractivity contribution in [2.24, 2.45) is 0 Å². The molecule has 0 bridgehead atoms. The van der Waals surface area contributed by atoms with Gasteiger partial charge in [0.05, 0.1) is 5.56 Å². The molecule has 104 valence electrons. The Morgan fingerprint density at radius 3 is 3.00 bits per heavy atom. The van der Waals surface area contributed by atoms with Gasteiger partial charge in [-0.05, 0) is 43.9 Å². The van der Waals surface area contributed by atoms with Crippen LogP contribution >= 0.6 is 0 Å². The molecule has 4 heteroatoms. The minimum atomic E-state index is -0.415. The van der Waals surface area contributed by atoms with Gasteiger partial charge < -0.3 is 10.6 Å². The molecule has 0 radical (unpaired) electrons. The highest BCUT2D eigenvalue weighted by Crippen LogP contribution is 2.25. The number of nitrogen functional groups attached to an aromatic ring is 1.